The first kappa shape index (κ1) is 49.5. The van der Waals surface area contributed by atoms with Gasteiger partial charge in [0, 0.05) is 42.1 Å². The Bertz CT molecular complexity index is 329. The monoisotopic (exact) mass is 494 g/mol. The van der Waals surface area contributed by atoms with Gasteiger partial charge >= 0.3 is 67.8 Å². The number of hydrogen-bond acceptors (Lipinski definition) is 0. The van der Waals surface area contributed by atoms with E-state index in [0.717, 1.165) is 0 Å². The van der Waals surface area contributed by atoms with Crippen LogP contribution in [-0.4, -0.2) is 0 Å². The van der Waals surface area contributed by atoms with Crippen LogP contribution < -0.4 is 0 Å². The average molecular weight is 490 g/mol. The molecule has 2 rings (SSSR count). The first-order chi connectivity index (χ1) is 11.0. The Kier molecular flexibility index (Phi) is 257. The average Bonchev–Trinajstić information content (AvgIpc) is 3.43. The van der Waals surface area contributed by atoms with Crippen LogP contribution in [0.1, 0.15) is 0 Å². The van der Waals surface area contributed by atoms with E-state index in [9.17, 15) is 0 Å². The van der Waals surface area contributed by atoms with Crippen molar-refractivity contribution in [2.24, 2.45) is 0 Å². The Morgan fingerprint density at radius 3 is 0.542 bits per heavy atom. The van der Waals surface area contributed by atoms with E-state index in [0.29, 0.717) is 0 Å². The standard InChI is InChI=1S/2C5H5.6CO.2Mo/c2*1-2-4-5-3-1;6*1-2;;/h2*1-5H;;;;;;;;/q2*-1;;;;;;;;. The normalized spacial score (nSPS) is 3.83. The van der Waals surface area contributed by atoms with E-state index in [-0.39, 0.29) is 42.1 Å². The molecule has 0 heterocycles. The third-order valence-corrected chi connectivity index (χ3v) is 1.11. The molecule has 124 valence electrons. The summed E-state index contributed by atoms with van der Waals surface area (Å²) in [6.45, 7) is 27.0. The van der Waals surface area contributed by atoms with Crippen LogP contribution >= 0.6 is 0 Å². The summed E-state index contributed by atoms with van der Waals surface area (Å²) in [7, 11) is 0. The van der Waals surface area contributed by atoms with E-state index < -0.39 is 0 Å². The Labute approximate surface area is 170 Å². The van der Waals surface area contributed by atoms with Crippen molar-refractivity contribution >= 4 is 0 Å². The molecule has 8 heteroatoms. The van der Waals surface area contributed by atoms with Crippen LogP contribution in [0.2, 0.25) is 0 Å². The summed E-state index contributed by atoms with van der Waals surface area (Å²) >= 11 is 0. The molecule has 2 aromatic carbocycles. The second kappa shape index (κ2) is 125. The van der Waals surface area contributed by atoms with Crippen molar-refractivity contribution in [1.29, 1.82) is 0 Å². The predicted molar refractivity (Wildman–Crippen MR) is 67.6 cm³/mol. The van der Waals surface area contributed by atoms with Crippen LogP contribution in [0, 0.1) is 39.9 Å². The molecule has 0 unspecified atom stereocenters. The fourth-order valence-electron chi connectivity index (χ4n) is 0.642. The molecule has 0 bridgehead atoms. The molecule has 0 saturated carbocycles. The fraction of sp³-hybridized carbons (Fsp3) is 0. The van der Waals surface area contributed by atoms with Crippen LogP contribution in [0.25, 0.3) is 0 Å². The maximum atomic E-state index is 7.50. The van der Waals surface area contributed by atoms with Gasteiger partial charge < -0.3 is 0 Å². The van der Waals surface area contributed by atoms with Gasteiger partial charge in [-0.2, -0.15) is 36.4 Å². The Balaban J connectivity index is -0.0000000213. The zero-order chi connectivity index (χ0) is 19.1. The molecule has 6 nitrogen and oxygen atoms in total. The van der Waals surface area contributed by atoms with E-state index in [1.54, 1.807) is 0 Å². The molecular formula is C16H10Mo2O6-2. The van der Waals surface area contributed by atoms with Gasteiger partial charge in [-0.3, -0.25) is 0 Å². The molecular weight excluding hydrogens is 480 g/mol. The van der Waals surface area contributed by atoms with Crippen molar-refractivity contribution in [1.82, 2.24) is 0 Å². The molecule has 0 fully saturated rings. The van der Waals surface area contributed by atoms with Crippen molar-refractivity contribution in [3.63, 3.8) is 0 Å². The van der Waals surface area contributed by atoms with Crippen molar-refractivity contribution in [3.8, 4) is 0 Å². The third-order valence-electron chi connectivity index (χ3n) is 1.11. The van der Waals surface area contributed by atoms with E-state index >= 15 is 0 Å². The van der Waals surface area contributed by atoms with E-state index in [1.807, 2.05) is 60.7 Å². The molecule has 0 aliphatic carbocycles. The summed E-state index contributed by atoms with van der Waals surface area (Å²) < 4.78 is 45.0. The van der Waals surface area contributed by atoms with Crippen molar-refractivity contribution in [2.45, 2.75) is 0 Å². The zero-order valence-electron chi connectivity index (χ0n) is 12.0. The van der Waals surface area contributed by atoms with Crippen LogP contribution in [0.5, 0.6) is 0 Å². The Morgan fingerprint density at radius 2 is 0.500 bits per heavy atom. The Hall–Kier alpha value is -1.48. The maximum Gasteiger partial charge on any atom is 0 e. The SMILES string of the molecule is [C-]#[O+].[C-]#[O+].[C-]#[O+].[C-]#[O+].[C-]#[O+].[C-]#[O+].[Mo].[Mo].c1cc[cH-]c1.c1cc[cH-]c1. The van der Waals surface area contributed by atoms with Crippen LogP contribution in [-0.2, 0) is 70.0 Å². The topological polar surface area (TPSA) is 119 Å². The molecule has 0 atom stereocenters. The molecule has 0 saturated heterocycles. The molecule has 0 spiro atoms. The zero-order valence-corrected chi connectivity index (χ0v) is 16.1. The molecule has 0 aromatic heterocycles. The predicted octanol–water partition coefficient (Wildman–Crippen LogP) is 2.58. The summed E-state index contributed by atoms with van der Waals surface area (Å²) in [5.74, 6) is 0. The second-order valence-electron chi connectivity index (χ2n) is 1.92. The summed E-state index contributed by atoms with van der Waals surface area (Å²) in [5, 5.41) is 0. The molecule has 0 N–H and O–H groups in total. The summed E-state index contributed by atoms with van der Waals surface area (Å²) in [5.41, 5.74) is 0. The number of hydrogen-bond donors (Lipinski definition) is 0. The van der Waals surface area contributed by atoms with Gasteiger partial charge in [0.1, 0.15) is 0 Å². The quantitative estimate of drug-likeness (QED) is 0.307. The molecule has 0 amide bonds. The van der Waals surface area contributed by atoms with Gasteiger partial charge in [-0.1, -0.05) is 0 Å². The third kappa shape index (κ3) is 108. The van der Waals surface area contributed by atoms with Gasteiger partial charge in [0.25, 0.3) is 0 Å². The molecule has 0 aliphatic rings. The van der Waals surface area contributed by atoms with Crippen LogP contribution in [0.3, 0.4) is 0 Å². The summed E-state index contributed by atoms with van der Waals surface area (Å²) in [4.78, 5) is 0. The van der Waals surface area contributed by atoms with E-state index in [2.05, 4.69) is 39.9 Å². The maximum absolute atomic E-state index is 7.50. The van der Waals surface area contributed by atoms with Gasteiger partial charge in [-0.15, -0.1) is 0 Å². The smallest absolute Gasteiger partial charge is 0 e. The van der Waals surface area contributed by atoms with Gasteiger partial charge in [-0.25, -0.2) is 24.3 Å². The van der Waals surface area contributed by atoms with Gasteiger partial charge in [0.2, 0.25) is 0 Å². The minimum Gasteiger partial charge on any atom is -0.214 e. The summed E-state index contributed by atoms with van der Waals surface area (Å²) in [6.07, 6.45) is 0. The molecule has 0 aliphatic heterocycles. The second-order valence-corrected chi connectivity index (χ2v) is 1.92. The van der Waals surface area contributed by atoms with Crippen LogP contribution in [0.15, 0.2) is 60.7 Å². The van der Waals surface area contributed by atoms with E-state index in [4.69, 9.17) is 27.9 Å². The van der Waals surface area contributed by atoms with Crippen molar-refractivity contribution < 1.29 is 70.0 Å². The minimum absolute atomic E-state index is 0. The van der Waals surface area contributed by atoms with Crippen LogP contribution in [0.4, 0.5) is 0 Å². The number of rotatable bonds is 0. The Morgan fingerprint density at radius 1 is 0.375 bits per heavy atom. The molecule has 0 radical (unpaired) electrons. The van der Waals surface area contributed by atoms with Gasteiger partial charge in [-0.05, 0) is 0 Å². The van der Waals surface area contributed by atoms with E-state index in [1.165, 1.54) is 0 Å². The minimum atomic E-state index is 0. The fourth-order valence-corrected chi connectivity index (χ4v) is 0.642. The first-order valence-corrected chi connectivity index (χ1v) is 4.56. The van der Waals surface area contributed by atoms with Gasteiger partial charge in [0.05, 0.1) is 0 Å². The van der Waals surface area contributed by atoms with Crippen molar-refractivity contribution in [2.75, 3.05) is 0 Å². The summed E-state index contributed by atoms with van der Waals surface area (Å²) in [6, 6.07) is 20.0. The largest absolute Gasteiger partial charge is 0.214 e. The van der Waals surface area contributed by atoms with Gasteiger partial charge in [0.15, 0.2) is 0 Å². The molecule has 2 aromatic rings. The molecule has 24 heavy (non-hydrogen) atoms. The first-order valence-electron chi connectivity index (χ1n) is 4.56. The van der Waals surface area contributed by atoms with Crippen molar-refractivity contribution in [3.05, 3.63) is 101 Å².